The van der Waals surface area contributed by atoms with E-state index in [1.165, 1.54) is 0 Å². The van der Waals surface area contributed by atoms with Gasteiger partial charge in [0.1, 0.15) is 0 Å². The molecule has 2 aromatic rings. The average molecular weight is 186 g/mol. The number of hydrogen-bond acceptors (Lipinski definition) is 2. The van der Waals surface area contributed by atoms with Crippen molar-refractivity contribution in [1.29, 1.82) is 0 Å². The molecule has 0 atom stereocenters. The summed E-state index contributed by atoms with van der Waals surface area (Å²) in [7, 11) is 0. The molecule has 63 valence electrons. The van der Waals surface area contributed by atoms with Gasteiger partial charge >= 0.3 is 0 Å². The molecule has 0 amide bonds. The lowest BCUT2D eigenvalue weighted by molar-refractivity contribution is 0.282. The van der Waals surface area contributed by atoms with Crippen LogP contribution < -0.4 is 0 Å². The van der Waals surface area contributed by atoms with Gasteiger partial charge in [-0.2, -0.15) is 0 Å². The fraction of sp³-hybridized carbons (Fsp3) is 0.100. The molecule has 1 N–H and O–H groups in total. The lowest BCUT2D eigenvalue weighted by Gasteiger charge is -1.98. The third-order valence-corrected chi connectivity index (χ3v) is 1.85. The molecule has 2 nitrogen and oxygen atoms in total. The maximum absolute atomic E-state index is 8.87. The third kappa shape index (κ3) is 2.07. The molecule has 0 aliphatic heterocycles. The topological polar surface area (TPSA) is 33.1 Å². The zero-order valence-electron chi connectivity index (χ0n) is 7.14. The Bertz CT molecular complexity index is 403. The summed E-state index contributed by atoms with van der Waals surface area (Å²) in [5.74, 6) is 0. The largest absolute Gasteiger partial charge is 0.392 e. The number of pyridine rings is 1. The van der Waals surface area contributed by atoms with E-state index in [0.29, 0.717) is 0 Å². The first-order valence-electron chi connectivity index (χ1n) is 3.84. The molecule has 1 aromatic carbocycles. The van der Waals surface area contributed by atoms with Crippen molar-refractivity contribution in [2.75, 3.05) is 0 Å². The minimum absolute atomic E-state index is 0. The summed E-state index contributed by atoms with van der Waals surface area (Å²) in [6, 6.07) is 9.68. The summed E-state index contributed by atoms with van der Waals surface area (Å²) in [4.78, 5) is 4.18. The summed E-state index contributed by atoms with van der Waals surface area (Å²) in [6.45, 7) is 0.0759. The Morgan fingerprint density at radius 2 is 2.08 bits per heavy atom. The van der Waals surface area contributed by atoms with Crippen LogP contribution in [0, 0.1) is 0 Å². The Labute approximate surface area is 87.4 Å². The van der Waals surface area contributed by atoms with Gasteiger partial charge in [0.15, 0.2) is 0 Å². The Morgan fingerprint density at radius 3 is 2.85 bits per heavy atom. The molecule has 1 heterocycles. The minimum atomic E-state index is 0. The third-order valence-electron chi connectivity index (χ3n) is 1.85. The number of nitrogens with zero attached hydrogens (tertiary/aromatic N) is 1. The van der Waals surface area contributed by atoms with Gasteiger partial charge in [0.05, 0.1) is 12.1 Å². The second kappa shape index (κ2) is 4.38. The zero-order valence-corrected chi connectivity index (χ0v) is 8.30. The van der Waals surface area contributed by atoms with E-state index in [4.69, 9.17) is 5.11 Å². The first-order valence-corrected chi connectivity index (χ1v) is 3.84. The Hall–Kier alpha value is -0.878. The first kappa shape index (κ1) is 10.2. The van der Waals surface area contributed by atoms with Crippen molar-refractivity contribution in [1.82, 2.24) is 4.98 Å². The van der Waals surface area contributed by atoms with Crippen LogP contribution in [0.5, 0.6) is 0 Å². The van der Waals surface area contributed by atoms with Crippen molar-refractivity contribution in [3.63, 3.8) is 0 Å². The molecule has 3 heteroatoms. The van der Waals surface area contributed by atoms with Gasteiger partial charge in [-0.3, -0.25) is 4.98 Å². The van der Waals surface area contributed by atoms with Crippen molar-refractivity contribution in [3.8, 4) is 0 Å². The molecule has 0 aliphatic carbocycles. The van der Waals surface area contributed by atoms with E-state index in [0.717, 1.165) is 16.5 Å². The summed E-state index contributed by atoms with van der Waals surface area (Å²) in [5.41, 5.74) is 1.84. The smallest absolute Gasteiger partial charge is 0.0705 e. The lowest BCUT2D eigenvalue weighted by Crippen LogP contribution is -1.83. The van der Waals surface area contributed by atoms with Gasteiger partial charge in [0.2, 0.25) is 0 Å². The van der Waals surface area contributed by atoms with E-state index in [9.17, 15) is 0 Å². The maximum atomic E-state index is 8.87. The second-order valence-corrected chi connectivity index (χ2v) is 2.69. The molecule has 0 saturated carbocycles. The molecule has 2 rings (SSSR count). The molecule has 13 heavy (non-hydrogen) atoms. The van der Waals surface area contributed by atoms with Crippen molar-refractivity contribution < 1.29 is 5.11 Å². The molecule has 1 aromatic heterocycles. The normalized spacial score (nSPS) is 9.62. The molecular formula is C10H9AlNO. The van der Waals surface area contributed by atoms with Gasteiger partial charge in [-0.05, 0) is 17.7 Å². The molecule has 0 spiro atoms. The number of rotatable bonds is 1. The van der Waals surface area contributed by atoms with Crippen molar-refractivity contribution >= 4 is 28.3 Å². The SMILES string of the molecule is OCc1ccc2cccnc2c1.[Al]. The van der Waals surface area contributed by atoms with Crippen LogP contribution in [0.15, 0.2) is 36.5 Å². The zero-order chi connectivity index (χ0) is 8.39. The van der Waals surface area contributed by atoms with Crippen LogP contribution in [0.3, 0.4) is 0 Å². The average Bonchev–Trinajstić information content (AvgIpc) is 2.17. The summed E-state index contributed by atoms with van der Waals surface area (Å²) < 4.78 is 0. The van der Waals surface area contributed by atoms with Crippen molar-refractivity contribution in [2.24, 2.45) is 0 Å². The van der Waals surface area contributed by atoms with Crippen molar-refractivity contribution in [2.45, 2.75) is 6.61 Å². The van der Waals surface area contributed by atoms with Gasteiger partial charge in [-0.1, -0.05) is 18.2 Å². The number of benzene rings is 1. The van der Waals surface area contributed by atoms with Crippen LogP contribution in [0.1, 0.15) is 5.56 Å². The van der Waals surface area contributed by atoms with Crippen LogP contribution in [-0.4, -0.2) is 27.5 Å². The van der Waals surface area contributed by atoms with E-state index >= 15 is 0 Å². The number of aliphatic hydroxyl groups is 1. The monoisotopic (exact) mass is 186 g/mol. The number of aromatic nitrogens is 1. The van der Waals surface area contributed by atoms with E-state index in [1.54, 1.807) is 6.20 Å². The predicted octanol–water partition coefficient (Wildman–Crippen LogP) is 1.35. The number of fused-ring (bicyclic) bond motifs is 1. The minimum Gasteiger partial charge on any atom is -0.392 e. The van der Waals surface area contributed by atoms with Gasteiger partial charge in [-0.15, -0.1) is 0 Å². The summed E-state index contributed by atoms with van der Waals surface area (Å²) >= 11 is 0. The number of hydrogen-bond donors (Lipinski definition) is 1. The molecular weight excluding hydrogens is 177 g/mol. The quantitative estimate of drug-likeness (QED) is 0.682. The molecule has 0 bridgehead atoms. The van der Waals surface area contributed by atoms with Crippen LogP contribution in [0.2, 0.25) is 0 Å². The van der Waals surface area contributed by atoms with E-state index in [-0.39, 0.29) is 24.0 Å². The highest BCUT2D eigenvalue weighted by molar-refractivity contribution is 5.78. The molecule has 0 fully saturated rings. The van der Waals surface area contributed by atoms with E-state index in [1.807, 2.05) is 30.3 Å². The van der Waals surface area contributed by atoms with Crippen LogP contribution in [-0.2, 0) is 6.61 Å². The molecule has 0 unspecified atom stereocenters. The van der Waals surface area contributed by atoms with Crippen LogP contribution >= 0.6 is 0 Å². The maximum Gasteiger partial charge on any atom is 0.0705 e. The molecule has 3 radical (unpaired) electrons. The molecule has 0 saturated heterocycles. The van der Waals surface area contributed by atoms with Crippen LogP contribution in [0.25, 0.3) is 10.9 Å². The van der Waals surface area contributed by atoms with E-state index in [2.05, 4.69) is 4.98 Å². The Balaban J connectivity index is 0.000000845. The Kier molecular flexibility index (Phi) is 3.44. The lowest BCUT2D eigenvalue weighted by atomic mass is 10.1. The highest BCUT2D eigenvalue weighted by Crippen LogP contribution is 2.12. The van der Waals surface area contributed by atoms with Gasteiger partial charge in [0.25, 0.3) is 0 Å². The highest BCUT2D eigenvalue weighted by atomic mass is 27.0. The second-order valence-electron chi connectivity index (χ2n) is 2.69. The van der Waals surface area contributed by atoms with Gasteiger partial charge in [0, 0.05) is 28.9 Å². The Morgan fingerprint density at radius 1 is 1.23 bits per heavy atom. The summed E-state index contributed by atoms with van der Waals surface area (Å²) in [5, 5.41) is 9.98. The summed E-state index contributed by atoms with van der Waals surface area (Å²) in [6.07, 6.45) is 1.75. The van der Waals surface area contributed by atoms with E-state index < -0.39 is 0 Å². The van der Waals surface area contributed by atoms with Crippen LogP contribution in [0.4, 0.5) is 0 Å². The van der Waals surface area contributed by atoms with Gasteiger partial charge in [-0.25, -0.2) is 0 Å². The molecule has 0 aliphatic rings. The first-order chi connectivity index (χ1) is 5.90. The number of aliphatic hydroxyl groups excluding tert-OH is 1. The fourth-order valence-corrected chi connectivity index (χ4v) is 1.21. The van der Waals surface area contributed by atoms with Gasteiger partial charge < -0.3 is 5.11 Å². The highest BCUT2D eigenvalue weighted by Gasteiger charge is 1.94. The predicted molar refractivity (Wildman–Crippen MR) is 53.4 cm³/mol. The standard InChI is InChI=1S/C10H9NO.Al/c12-7-8-3-4-9-2-1-5-11-10(9)6-8;/h1-6,12H,7H2;. The fourth-order valence-electron chi connectivity index (χ4n) is 1.21. The van der Waals surface area contributed by atoms with Crippen molar-refractivity contribution in [3.05, 3.63) is 42.1 Å².